The summed E-state index contributed by atoms with van der Waals surface area (Å²) in [7, 11) is -3.16. The zero-order chi connectivity index (χ0) is 13.7. The second-order valence-corrected chi connectivity index (χ2v) is 8.09. The van der Waals surface area contributed by atoms with E-state index in [1.54, 1.807) is 0 Å². The number of rotatable bonds is 6. The Morgan fingerprint density at radius 2 is 1.58 bits per heavy atom. The van der Waals surface area contributed by atoms with Gasteiger partial charge in [0.2, 0.25) is 10.0 Å². The average molecular weight is 288 g/mol. The number of sulfonamides is 1. The molecular weight excluding hydrogens is 260 g/mol. The lowest BCUT2D eigenvalue weighted by Crippen LogP contribution is -2.47. The van der Waals surface area contributed by atoms with E-state index in [9.17, 15) is 8.42 Å². The Kier molecular flexibility index (Phi) is 5.66. The molecule has 0 saturated heterocycles. The largest absolute Gasteiger partial charge is 0.329 e. The highest BCUT2D eigenvalue weighted by Gasteiger charge is 2.28. The fourth-order valence-electron chi connectivity index (χ4n) is 3.64. The van der Waals surface area contributed by atoms with Gasteiger partial charge < -0.3 is 5.73 Å². The van der Waals surface area contributed by atoms with Gasteiger partial charge in [0, 0.05) is 12.6 Å². The Morgan fingerprint density at radius 3 is 2.16 bits per heavy atom. The number of nitrogens with two attached hydrogens (primary N) is 1. The molecule has 0 amide bonds. The van der Waals surface area contributed by atoms with Crippen LogP contribution in [0.15, 0.2) is 0 Å². The minimum absolute atomic E-state index is 0.0493. The molecule has 2 aliphatic carbocycles. The summed E-state index contributed by atoms with van der Waals surface area (Å²) in [6.07, 6.45) is 10.4. The van der Waals surface area contributed by atoms with Crippen LogP contribution in [0.5, 0.6) is 0 Å². The van der Waals surface area contributed by atoms with E-state index in [0.29, 0.717) is 24.1 Å². The SMILES string of the molecule is NCC(NS(=O)(=O)CC1CCCC1)C1CCCCC1. The molecule has 0 radical (unpaired) electrons. The minimum atomic E-state index is -3.16. The molecule has 1 atom stereocenters. The summed E-state index contributed by atoms with van der Waals surface area (Å²) in [5.41, 5.74) is 5.79. The normalized spacial score (nSPS) is 24.7. The van der Waals surface area contributed by atoms with Crippen LogP contribution in [0.2, 0.25) is 0 Å². The number of hydrogen-bond donors (Lipinski definition) is 2. The molecule has 0 heterocycles. The van der Waals surface area contributed by atoms with Crippen LogP contribution < -0.4 is 10.5 Å². The monoisotopic (exact) mass is 288 g/mol. The van der Waals surface area contributed by atoms with Crippen molar-refractivity contribution >= 4 is 10.0 Å². The van der Waals surface area contributed by atoms with Crippen LogP contribution in [0.25, 0.3) is 0 Å². The van der Waals surface area contributed by atoms with E-state index in [1.807, 2.05) is 0 Å². The van der Waals surface area contributed by atoms with E-state index >= 15 is 0 Å². The standard InChI is InChI=1S/C14H28N2O2S/c15-10-14(13-8-2-1-3-9-13)16-19(17,18)11-12-6-4-5-7-12/h12-14,16H,1-11,15H2. The summed E-state index contributed by atoms with van der Waals surface area (Å²) in [5, 5.41) is 0. The first kappa shape index (κ1) is 15.3. The number of hydrogen-bond acceptors (Lipinski definition) is 3. The van der Waals surface area contributed by atoms with Crippen LogP contribution >= 0.6 is 0 Å². The highest BCUT2D eigenvalue weighted by Crippen LogP contribution is 2.28. The van der Waals surface area contributed by atoms with E-state index in [2.05, 4.69) is 4.72 Å². The maximum absolute atomic E-state index is 12.2. The van der Waals surface area contributed by atoms with Gasteiger partial charge in [0.25, 0.3) is 0 Å². The summed E-state index contributed by atoms with van der Waals surface area (Å²) in [6.45, 7) is 0.425. The van der Waals surface area contributed by atoms with Crippen LogP contribution in [-0.4, -0.2) is 26.8 Å². The molecule has 19 heavy (non-hydrogen) atoms. The molecule has 0 bridgehead atoms. The molecule has 2 rings (SSSR count). The Labute approximate surface area is 117 Å². The molecule has 2 saturated carbocycles. The summed E-state index contributed by atoms with van der Waals surface area (Å²) < 4.78 is 27.4. The molecular formula is C14H28N2O2S. The van der Waals surface area contributed by atoms with Crippen LogP contribution in [0.1, 0.15) is 57.8 Å². The lowest BCUT2D eigenvalue weighted by Gasteiger charge is -2.30. The molecule has 0 aliphatic heterocycles. The smallest absolute Gasteiger partial charge is 0.212 e. The maximum Gasteiger partial charge on any atom is 0.212 e. The fraction of sp³-hybridized carbons (Fsp3) is 1.00. The molecule has 112 valence electrons. The highest BCUT2D eigenvalue weighted by molar-refractivity contribution is 7.89. The minimum Gasteiger partial charge on any atom is -0.329 e. The predicted octanol–water partition coefficient (Wildman–Crippen LogP) is 2.00. The van der Waals surface area contributed by atoms with E-state index in [1.165, 1.54) is 32.1 Å². The van der Waals surface area contributed by atoms with Crippen LogP contribution in [0.3, 0.4) is 0 Å². The zero-order valence-corrected chi connectivity index (χ0v) is 12.6. The van der Waals surface area contributed by atoms with Gasteiger partial charge in [-0.15, -0.1) is 0 Å². The van der Waals surface area contributed by atoms with Gasteiger partial charge in [0.15, 0.2) is 0 Å². The van der Waals surface area contributed by atoms with Crippen molar-refractivity contribution in [3.8, 4) is 0 Å². The van der Waals surface area contributed by atoms with Gasteiger partial charge in [-0.3, -0.25) is 0 Å². The summed E-state index contributed by atoms with van der Waals surface area (Å²) in [5.74, 6) is 1.11. The average Bonchev–Trinajstić information content (AvgIpc) is 2.89. The van der Waals surface area contributed by atoms with Crippen LogP contribution in [-0.2, 0) is 10.0 Å². The van der Waals surface area contributed by atoms with Crippen molar-refractivity contribution in [2.75, 3.05) is 12.3 Å². The Bertz CT molecular complexity index is 358. The van der Waals surface area contributed by atoms with Crippen molar-refractivity contribution < 1.29 is 8.42 Å². The van der Waals surface area contributed by atoms with Gasteiger partial charge in [-0.05, 0) is 37.5 Å². The van der Waals surface area contributed by atoms with Gasteiger partial charge in [-0.25, -0.2) is 13.1 Å². The fourth-order valence-corrected chi connectivity index (χ4v) is 5.44. The van der Waals surface area contributed by atoms with Crippen molar-refractivity contribution in [2.24, 2.45) is 17.6 Å². The van der Waals surface area contributed by atoms with Crippen molar-refractivity contribution in [3.05, 3.63) is 0 Å². The third kappa shape index (κ3) is 4.72. The molecule has 0 aromatic heterocycles. The van der Waals surface area contributed by atoms with Gasteiger partial charge in [-0.2, -0.15) is 0 Å². The van der Waals surface area contributed by atoms with Gasteiger partial charge >= 0.3 is 0 Å². The quantitative estimate of drug-likeness (QED) is 0.785. The second kappa shape index (κ2) is 7.04. The van der Waals surface area contributed by atoms with Crippen molar-refractivity contribution in [3.63, 3.8) is 0 Å². The van der Waals surface area contributed by atoms with Crippen LogP contribution in [0.4, 0.5) is 0 Å². The van der Waals surface area contributed by atoms with E-state index in [4.69, 9.17) is 5.73 Å². The van der Waals surface area contributed by atoms with E-state index in [-0.39, 0.29) is 6.04 Å². The first-order valence-electron chi connectivity index (χ1n) is 7.81. The van der Waals surface area contributed by atoms with Crippen molar-refractivity contribution in [2.45, 2.75) is 63.8 Å². The Morgan fingerprint density at radius 1 is 1.00 bits per heavy atom. The third-order valence-electron chi connectivity index (χ3n) is 4.73. The molecule has 5 heteroatoms. The molecule has 0 aromatic carbocycles. The molecule has 3 N–H and O–H groups in total. The summed E-state index contributed by atoms with van der Waals surface area (Å²) >= 11 is 0. The molecule has 1 unspecified atom stereocenters. The Hall–Kier alpha value is -0.130. The molecule has 4 nitrogen and oxygen atoms in total. The van der Waals surface area contributed by atoms with Gasteiger partial charge in [0.1, 0.15) is 0 Å². The van der Waals surface area contributed by atoms with Crippen molar-refractivity contribution in [1.82, 2.24) is 4.72 Å². The lowest BCUT2D eigenvalue weighted by atomic mass is 9.84. The predicted molar refractivity (Wildman–Crippen MR) is 78.3 cm³/mol. The second-order valence-electron chi connectivity index (χ2n) is 6.29. The summed E-state index contributed by atoms with van der Waals surface area (Å²) in [6, 6.07) is -0.0493. The molecule has 0 spiro atoms. The number of nitrogens with one attached hydrogen (secondary N) is 1. The molecule has 2 fully saturated rings. The Balaban J connectivity index is 1.88. The van der Waals surface area contributed by atoms with E-state index in [0.717, 1.165) is 25.7 Å². The van der Waals surface area contributed by atoms with Gasteiger partial charge in [0.05, 0.1) is 5.75 Å². The first-order valence-corrected chi connectivity index (χ1v) is 9.46. The van der Waals surface area contributed by atoms with E-state index < -0.39 is 10.0 Å². The zero-order valence-electron chi connectivity index (χ0n) is 11.8. The van der Waals surface area contributed by atoms with Crippen molar-refractivity contribution in [1.29, 1.82) is 0 Å². The highest BCUT2D eigenvalue weighted by atomic mass is 32.2. The van der Waals surface area contributed by atoms with Gasteiger partial charge in [-0.1, -0.05) is 32.1 Å². The van der Waals surface area contributed by atoms with Crippen LogP contribution in [0, 0.1) is 11.8 Å². The summed E-state index contributed by atoms with van der Waals surface area (Å²) in [4.78, 5) is 0. The third-order valence-corrected chi connectivity index (χ3v) is 6.31. The maximum atomic E-state index is 12.2. The lowest BCUT2D eigenvalue weighted by molar-refractivity contribution is 0.293. The molecule has 2 aliphatic rings. The first-order chi connectivity index (χ1) is 9.11. The molecule has 0 aromatic rings. The topological polar surface area (TPSA) is 72.2 Å².